The second-order valence-corrected chi connectivity index (χ2v) is 4.35. The van der Waals surface area contributed by atoms with E-state index < -0.39 is 22.8 Å². The van der Waals surface area contributed by atoms with Crippen LogP contribution in [0.4, 0.5) is 0 Å². The van der Waals surface area contributed by atoms with Crippen LogP contribution in [-0.2, 0) is 6.54 Å². The highest BCUT2D eigenvalue weighted by Gasteiger charge is 2.14. The molecule has 2 rings (SSSR count). The molecule has 7 heteroatoms. The van der Waals surface area contributed by atoms with Crippen molar-refractivity contribution < 1.29 is 9.90 Å². The first-order chi connectivity index (χ1) is 8.58. The molecule has 0 atom stereocenters. The van der Waals surface area contributed by atoms with E-state index in [1.54, 1.807) is 0 Å². The fraction of sp³-hybridized carbons (Fsp3) is 0.545. The number of likely N-dealkylation sites (tertiary alicyclic amines) is 1. The number of hydrogen-bond donors (Lipinski definition) is 2. The molecule has 7 nitrogen and oxygen atoms in total. The molecule has 1 aromatic heterocycles. The average molecular weight is 253 g/mol. The number of carboxylic acids is 1. The molecule has 0 saturated carbocycles. The van der Waals surface area contributed by atoms with E-state index in [-0.39, 0.29) is 0 Å². The molecule has 98 valence electrons. The number of carboxylic acid groups (broad SMARTS) is 1. The Kier molecular flexibility index (Phi) is 3.61. The molecule has 1 fully saturated rings. The van der Waals surface area contributed by atoms with Gasteiger partial charge >= 0.3 is 11.7 Å². The molecule has 18 heavy (non-hydrogen) atoms. The van der Waals surface area contributed by atoms with Crippen LogP contribution in [-0.4, -0.2) is 45.2 Å². The van der Waals surface area contributed by atoms with Crippen molar-refractivity contribution >= 4 is 5.97 Å². The van der Waals surface area contributed by atoms with Crippen LogP contribution in [0.3, 0.4) is 0 Å². The smallest absolute Gasteiger partial charge is 0.342 e. The fourth-order valence-electron chi connectivity index (χ4n) is 2.08. The van der Waals surface area contributed by atoms with Gasteiger partial charge in [-0.3, -0.25) is 14.3 Å². The standard InChI is InChI=1S/C11H15N3O4/c15-9-8(10(16)17)7-14(11(18)12-9)6-5-13-3-1-2-4-13/h7H,1-6H2,(H,16,17)(H,12,15,18). The van der Waals surface area contributed by atoms with E-state index in [9.17, 15) is 14.4 Å². The lowest BCUT2D eigenvalue weighted by Gasteiger charge is -2.15. The average Bonchev–Trinajstić information content (AvgIpc) is 2.80. The molecule has 0 spiro atoms. The quantitative estimate of drug-likeness (QED) is 0.742. The lowest BCUT2D eigenvalue weighted by Crippen LogP contribution is -2.36. The third kappa shape index (κ3) is 2.67. The topological polar surface area (TPSA) is 95.4 Å². The second kappa shape index (κ2) is 5.18. The summed E-state index contributed by atoms with van der Waals surface area (Å²) in [5.41, 5.74) is -1.83. The van der Waals surface area contributed by atoms with Crippen molar-refractivity contribution in [3.05, 3.63) is 32.6 Å². The maximum Gasteiger partial charge on any atom is 0.342 e. The highest BCUT2D eigenvalue weighted by atomic mass is 16.4. The van der Waals surface area contributed by atoms with E-state index in [0.717, 1.165) is 32.1 Å². The molecule has 0 radical (unpaired) electrons. The van der Waals surface area contributed by atoms with Gasteiger partial charge in [-0.2, -0.15) is 0 Å². The molecule has 0 amide bonds. The van der Waals surface area contributed by atoms with Gasteiger partial charge in [-0.25, -0.2) is 9.59 Å². The summed E-state index contributed by atoms with van der Waals surface area (Å²) in [5, 5.41) is 8.81. The summed E-state index contributed by atoms with van der Waals surface area (Å²) in [6.07, 6.45) is 3.42. The normalized spacial score (nSPS) is 16.0. The van der Waals surface area contributed by atoms with Crippen molar-refractivity contribution in [3.63, 3.8) is 0 Å². The van der Waals surface area contributed by atoms with Crippen LogP contribution in [0.2, 0.25) is 0 Å². The number of hydrogen-bond acceptors (Lipinski definition) is 4. The van der Waals surface area contributed by atoms with Crippen molar-refractivity contribution in [1.29, 1.82) is 0 Å². The zero-order valence-electron chi connectivity index (χ0n) is 9.89. The van der Waals surface area contributed by atoms with E-state index in [2.05, 4.69) is 4.90 Å². The fourth-order valence-corrected chi connectivity index (χ4v) is 2.08. The Morgan fingerprint density at radius 2 is 1.94 bits per heavy atom. The van der Waals surface area contributed by atoms with Gasteiger partial charge in [-0.15, -0.1) is 0 Å². The Bertz CT molecular complexity index is 554. The molecule has 1 aliphatic heterocycles. The van der Waals surface area contributed by atoms with Crippen molar-refractivity contribution in [2.24, 2.45) is 0 Å². The number of nitrogens with zero attached hydrogens (tertiary/aromatic N) is 2. The van der Waals surface area contributed by atoms with Crippen LogP contribution < -0.4 is 11.2 Å². The van der Waals surface area contributed by atoms with Crippen LogP contribution in [0.5, 0.6) is 0 Å². The van der Waals surface area contributed by atoms with Gasteiger partial charge in [0.15, 0.2) is 0 Å². The lowest BCUT2D eigenvalue weighted by atomic mass is 10.3. The van der Waals surface area contributed by atoms with E-state index in [1.807, 2.05) is 4.98 Å². The third-order valence-corrected chi connectivity index (χ3v) is 3.10. The summed E-state index contributed by atoms with van der Waals surface area (Å²) in [5.74, 6) is -1.33. The van der Waals surface area contributed by atoms with E-state index in [4.69, 9.17) is 5.11 Å². The molecule has 1 aromatic rings. The predicted octanol–water partition coefficient (Wildman–Crippen LogP) is -0.669. The Balaban J connectivity index is 2.16. The summed E-state index contributed by atoms with van der Waals surface area (Å²) >= 11 is 0. The lowest BCUT2D eigenvalue weighted by molar-refractivity contribution is 0.0693. The number of rotatable bonds is 4. The molecular weight excluding hydrogens is 238 g/mol. The number of carbonyl (C=O) groups is 1. The summed E-state index contributed by atoms with van der Waals surface area (Å²) in [6.45, 7) is 3.08. The molecule has 0 unspecified atom stereocenters. The minimum absolute atomic E-state index is 0.385. The Morgan fingerprint density at radius 3 is 2.56 bits per heavy atom. The molecule has 2 heterocycles. The molecule has 0 aromatic carbocycles. The molecular formula is C11H15N3O4. The van der Waals surface area contributed by atoms with Gasteiger partial charge < -0.3 is 10.0 Å². The highest BCUT2D eigenvalue weighted by molar-refractivity contribution is 5.86. The van der Waals surface area contributed by atoms with E-state index in [1.165, 1.54) is 4.57 Å². The summed E-state index contributed by atoms with van der Waals surface area (Å²) in [4.78, 5) is 37.8. The number of H-pyrrole nitrogens is 1. The Labute approximate surface area is 103 Å². The minimum Gasteiger partial charge on any atom is -0.477 e. The van der Waals surface area contributed by atoms with Crippen molar-refractivity contribution in [3.8, 4) is 0 Å². The predicted molar refractivity (Wildman–Crippen MR) is 64.0 cm³/mol. The van der Waals surface area contributed by atoms with Crippen molar-refractivity contribution in [2.75, 3.05) is 19.6 Å². The summed E-state index contributed by atoms with van der Waals surface area (Å²) in [7, 11) is 0. The second-order valence-electron chi connectivity index (χ2n) is 4.35. The molecule has 0 bridgehead atoms. The Hall–Kier alpha value is -1.89. The number of aromatic amines is 1. The first kappa shape index (κ1) is 12.6. The third-order valence-electron chi connectivity index (χ3n) is 3.10. The van der Waals surface area contributed by atoms with Crippen LogP contribution in [0, 0.1) is 0 Å². The minimum atomic E-state index is -1.33. The molecule has 1 aliphatic rings. The molecule has 1 saturated heterocycles. The SMILES string of the molecule is O=C(O)c1cn(CCN2CCCC2)c(=O)[nH]c1=O. The first-order valence-corrected chi connectivity index (χ1v) is 5.87. The van der Waals surface area contributed by atoms with Gasteiger partial charge in [0, 0.05) is 19.3 Å². The van der Waals surface area contributed by atoms with Gasteiger partial charge in [-0.1, -0.05) is 0 Å². The van der Waals surface area contributed by atoms with E-state index >= 15 is 0 Å². The van der Waals surface area contributed by atoms with Crippen molar-refractivity contribution in [1.82, 2.24) is 14.5 Å². The monoisotopic (exact) mass is 253 g/mol. The largest absolute Gasteiger partial charge is 0.477 e. The van der Waals surface area contributed by atoms with Gasteiger partial charge in [0.05, 0.1) is 0 Å². The van der Waals surface area contributed by atoms with Crippen LogP contribution >= 0.6 is 0 Å². The molecule has 0 aliphatic carbocycles. The highest BCUT2D eigenvalue weighted by Crippen LogP contribution is 2.06. The van der Waals surface area contributed by atoms with Gasteiger partial charge in [0.1, 0.15) is 5.56 Å². The van der Waals surface area contributed by atoms with Gasteiger partial charge in [0.25, 0.3) is 5.56 Å². The van der Waals surface area contributed by atoms with Gasteiger partial charge in [-0.05, 0) is 25.9 Å². The number of aromatic nitrogens is 2. The summed E-state index contributed by atoms with van der Waals surface area (Å²) < 4.78 is 1.24. The van der Waals surface area contributed by atoms with E-state index in [0.29, 0.717) is 13.1 Å². The van der Waals surface area contributed by atoms with Gasteiger partial charge in [0.2, 0.25) is 0 Å². The maximum absolute atomic E-state index is 11.5. The zero-order chi connectivity index (χ0) is 13.1. The maximum atomic E-state index is 11.5. The number of nitrogens with one attached hydrogen (secondary N) is 1. The van der Waals surface area contributed by atoms with Crippen LogP contribution in [0.15, 0.2) is 15.8 Å². The Morgan fingerprint density at radius 1 is 1.28 bits per heavy atom. The summed E-state index contributed by atoms with van der Waals surface area (Å²) in [6, 6.07) is 0. The van der Waals surface area contributed by atoms with Crippen LogP contribution in [0.25, 0.3) is 0 Å². The zero-order valence-corrected chi connectivity index (χ0v) is 9.89. The first-order valence-electron chi connectivity index (χ1n) is 5.87. The number of aromatic carboxylic acids is 1. The molecule has 2 N–H and O–H groups in total. The van der Waals surface area contributed by atoms with Crippen molar-refractivity contribution in [2.45, 2.75) is 19.4 Å². The van der Waals surface area contributed by atoms with Crippen LogP contribution in [0.1, 0.15) is 23.2 Å².